The minimum Gasteiger partial charge on any atom is -0.279 e. The van der Waals surface area contributed by atoms with Crippen LogP contribution in [-0.2, 0) is 0 Å². The molecular weight excluding hydrogens is 220 g/mol. The quantitative estimate of drug-likeness (QED) is 0.332. The van der Waals surface area contributed by atoms with Crippen molar-refractivity contribution in [2.24, 2.45) is 0 Å². The lowest BCUT2D eigenvalue weighted by atomic mass is 10.1. The van der Waals surface area contributed by atoms with Gasteiger partial charge in [0.05, 0.1) is 0 Å². The van der Waals surface area contributed by atoms with Crippen LogP contribution in [0.4, 0.5) is 0 Å². The third-order valence-electron chi connectivity index (χ3n) is 2.21. The normalized spacial score (nSPS) is 9.38. The van der Waals surface area contributed by atoms with Crippen LogP contribution in [0.15, 0.2) is 24.3 Å². The number of benzene rings is 1. The molecule has 16 heavy (non-hydrogen) atoms. The molecule has 0 aromatic heterocycles. The third-order valence-corrected chi connectivity index (χ3v) is 2.47. The fourth-order valence-electron chi connectivity index (χ4n) is 1.28. The van der Waals surface area contributed by atoms with E-state index in [9.17, 15) is 4.79 Å². The van der Waals surface area contributed by atoms with Gasteiger partial charge in [0.15, 0.2) is 0 Å². The largest absolute Gasteiger partial charge is 0.279 e. The smallest absolute Gasteiger partial charge is 0.235 e. The molecule has 1 aromatic carbocycles. The Morgan fingerprint density at radius 2 is 1.94 bits per heavy atom. The monoisotopic (exact) mass is 234 g/mol. The Balaban J connectivity index is 2.48. The van der Waals surface area contributed by atoms with Crippen molar-refractivity contribution in [2.45, 2.75) is 32.6 Å². The van der Waals surface area contributed by atoms with Gasteiger partial charge < -0.3 is 0 Å². The van der Waals surface area contributed by atoms with Crippen LogP contribution < -0.4 is 0 Å². The SMILES string of the molecule is CCCCCC#CC(=O)c1ccc(Cl)cc1. The van der Waals surface area contributed by atoms with Gasteiger partial charge in [-0.3, -0.25) is 4.79 Å². The van der Waals surface area contributed by atoms with Gasteiger partial charge in [-0.1, -0.05) is 37.3 Å². The minimum atomic E-state index is -0.131. The predicted molar refractivity (Wildman–Crippen MR) is 67.7 cm³/mol. The van der Waals surface area contributed by atoms with Gasteiger partial charge in [-0.05, 0) is 36.6 Å². The zero-order valence-corrected chi connectivity index (χ0v) is 10.2. The first-order valence-electron chi connectivity index (χ1n) is 5.53. The summed E-state index contributed by atoms with van der Waals surface area (Å²) >= 11 is 5.73. The molecule has 0 aliphatic carbocycles. The van der Waals surface area contributed by atoms with E-state index in [1.165, 1.54) is 12.8 Å². The van der Waals surface area contributed by atoms with Gasteiger partial charge in [0.1, 0.15) is 0 Å². The second kappa shape index (κ2) is 7.09. The van der Waals surface area contributed by atoms with Gasteiger partial charge in [-0.15, -0.1) is 0 Å². The van der Waals surface area contributed by atoms with Crippen LogP contribution in [0.5, 0.6) is 0 Å². The van der Waals surface area contributed by atoms with Gasteiger partial charge in [0.2, 0.25) is 5.78 Å². The molecule has 0 atom stereocenters. The number of carbonyl (C=O) groups excluding carboxylic acids is 1. The molecule has 0 aliphatic rings. The molecule has 2 heteroatoms. The summed E-state index contributed by atoms with van der Waals surface area (Å²) in [6.07, 6.45) is 4.21. The maximum absolute atomic E-state index is 11.6. The number of unbranched alkanes of at least 4 members (excludes halogenated alkanes) is 3. The van der Waals surface area contributed by atoms with Gasteiger partial charge in [-0.2, -0.15) is 0 Å². The molecule has 0 spiro atoms. The fourth-order valence-corrected chi connectivity index (χ4v) is 1.41. The van der Waals surface area contributed by atoms with Crippen LogP contribution in [0, 0.1) is 11.8 Å². The molecule has 1 nitrogen and oxygen atoms in total. The topological polar surface area (TPSA) is 17.1 Å². The number of Topliss-reactive ketones (excluding diaryl/α,β-unsaturated/α-hetero) is 1. The molecule has 0 unspecified atom stereocenters. The van der Waals surface area contributed by atoms with E-state index in [-0.39, 0.29) is 5.78 Å². The van der Waals surface area contributed by atoms with Crippen LogP contribution in [0.25, 0.3) is 0 Å². The Hall–Kier alpha value is -1.26. The maximum Gasteiger partial charge on any atom is 0.235 e. The van der Waals surface area contributed by atoms with Crippen molar-refractivity contribution in [3.05, 3.63) is 34.9 Å². The average Bonchev–Trinajstić information content (AvgIpc) is 2.29. The van der Waals surface area contributed by atoms with E-state index in [0.29, 0.717) is 10.6 Å². The van der Waals surface area contributed by atoms with Crippen molar-refractivity contribution in [3.63, 3.8) is 0 Å². The highest BCUT2D eigenvalue weighted by Crippen LogP contribution is 2.09. The Bertz CT molecular complexity index is 395. The minimum absolute atomic E-state index is 0.131. The van der Waals surface area contributed by atoms with Crippen molar-refractivity contribution >= 4 is 17.4 Å². The van der Waals surface area contributed by atoms with E-state index in [4.69, 9.17) is 11.6 Å². The summed E-state index contributed by atoms with van der Waals surface area (Å²) in [5, 5.41) is 0.632. The third kappa shape index (κ3) is 4.51. The standard InChI is InChI=1S/C14H15ClO/c1-2-3-4-5-6-7-14(16)12-8-10-13(15)11-9-12/h8-11H,2-5H2,1H3. The maximum atomic E-state index is 11.6. The average molecular weight is 235 g/mol. The Labute approximate surface area is 102 Å². The second-order valence-corrected chi connectivity index (χ2v) is 4.03. The summed E-state index contributed by atoms with van der Waals surface area (Å²) in [6.45, 7) is 2.15. The van der Waals surface area contributed by atoms with Gasteiger partial charge in [0, 0.05) is 17.0 Å². The second-order valence-electron chi connectivity index (χ2n) is 3.59. The Morgan fingerprint density at radius 1 is 1.25 bits per heavy atom. The molecule has 0 heterocycles. The number of ketones is 1. The van der Waals surface area contributed by atoms with Crippen molar-refractivity contribution in [2.75, 3.05) is 0 Å². The predicted octanol–water partition coefficient (Wildman–Crippen LogP) is 4.11. The van der Waals surface area contributed by atoms with E-state index in [1.54, 1.807) is 24.3 Å². The zero-order valence-electron chi connectivity index (χ0n) is 9.42. The van der Waals surface area contributed by atoms with Crippen molar-refractivity contribution in [3.8, 4) is 11.8 Å². The van der Waals surface area contributed by atoms with E-state index in [1.807, 2.05) is 0 Å². The molecule has 0 amide bonds. The molecule has 0 fully saturated rings. The highest BCUT2D eigenvalue weighted by molar-refractivity contribution is 6.30. The number of rotatable bonds is 4. The Morgan fingerprint density at radius 3 is 2.56 bits per heavy atom. The lowest BCUT2D eigenvalue weighted by molar-refractivity contribution is 0.105. The molecule has 0 radical (unpaired) electrons. The zero-order chi connectivity index (χ0) is 11.8. The van der Waals surface area contributed by atoms with Crippen LogP contribution in [0.3, 0.4) is 0 Å². The highest BCUT2D eigenvalue weighted by atomic mass is 35.5. The van der Waals surface area contributed by atoms with Gasteiger partial charge >= 0.3 is 0 Å². The van der Waals surface area contributed by atoms with Crippen molar-refractivity contribution < 1.29 is 4.79 Å². The van der Waals surface area contributed by atoms with Crippen LogP contribution in [0.1, 0.15) is 43.0 Å². The summed E-state index contributed by atoms with van der Waals surface area (Å²) < 4.78 is 0. The summed E-state index contributed by atoms with van der Waals surface area (Å²) in [5.41, 5.74) is 0.604. The summed E-state index contributed by atoms with van der Waals surface area (Å²) in [7, 11) is 0. The first kappa shape index (κ1) is 12.8. The first-order valence-corrected chi connectivity index (χ1v) is 5.90. The summed E-state index contributed by atoms with van der Waals surface area (Å²) in [6, 6.07) is 6.80. The molecule has 0 saturated heterocycles. The van der Waals surface area contributed by atoms with Gasteiger partial charge in [0.25, 0.3) is 0 Å². The first-order chi connectivity index (χ1) is 7.74. The van der Waals surface area contributed by atoms with E-state index in [0.717, 1.165) is 12.8 Å². The van der Waals surface area contributed by atoms with Crippen LogP contribution >= 0.6 is 11.6 Å². The van der Waals surface area contributed by atoms with Crippen LogP contribution in [-0.4, -0.2) is 5.78 Å². The van der Waals surface area contributed by atoms with Gasteiger partial charge in [-0.25, -0.2) is 0 Å². The van der Waals surface area contributed by atoms with E-state index >= 15 is 0 Å². The summed E-state index contributed by atoms with van der Waals surface area (Å²) in [4.78, 5) is 11.6. The molecule has 0 aliphatic heterocycles. The molecule has 0 N–H and O–H groups in total. The van der Waals surface area contributed by atoms with E-state index in [2.05, 4.69) is 18.8 Å². The lowest BCUT2D eigenvalue weighted by Gasteiger charge is -1.93. The molecule has 84 valence electrons. The lowest BCUT2D eigenvalue weighted by Crippen LogP contribution is -1.93. The fraction of sp³-hybridized carbons (Fsp3) is 0.357. The van der Waals surface area contributed by atoms with Crippen molar-refractivity contribution in [1.29, 1.82) is 0 Å². The molecule has 1 rings (SSSR count). The van der Waals surface area contributed by atoms with Crippen LogP contribution in [0.2, 0.25) is 5.02 Å². The molecule has 0 saturated carbocycles. The molecule has 1 aromatic rings. The van der Waals surface area contributed by atoms with Crippen molar-refractivity contribution in [1.82, 2.24) is 0 Å². The number of hydrogen-bond donors (Lipinski definition) is 0. The molecular formula is C14H15ClO. The summed E-state index contributed by atoms with van der Waals surface area (Å²) in [5.74, 6) is 5.41. The van der Waals surface area contributed by atoms with E-state index < -0.39 is 0 Å². The Kier molecular flexibility index (Phi) is 5.67. The number of halogens is 1. The number of carbonyl (C=O) groups is 1. The number of hydrogen-bond acceptors (Lipinski definition) is 1. The highest BCUT2D eigenvalue weighted by Gasteiger charge is 2.00. The molecule has 0 bridgehead atoms.